The molecule has 2 aliphatic heterocycles. The minimum absolute atomic E-state index is 0.227. The summed E-state index contributed by atoms with van der Waals surface area (Å²) in [5.41, 5.74) is 1.04. The van der Waals surface area contributed by atoms with E-state index in [0.29, 0.717) is 16.2 Å². The van der Waals surface area contributed by atoms with Crippen molar-refractivity contribution in [3.8, 4) is 6.07 Å². The SMILES string of the molecule is B[PH]1(OCCC#N)OC[C@H]2O[C@@H](n3cnc4c(S)ncnc43)[C@@H](O)[C@H]2O1. The Balaban J connectivity index is 1.55. The molecule has 2 aromatic heterocycles. The quantitative estimate of drug-likeness (QED) is 0.237. The Morgan fingerprint density at radius 3 is 3.15 bits per heavy atom. The van der Waals surface area contributed by atoms with Gasteiger partial charge in [-0.3, -0.25) is 0 Å². The molecule has 13 heteroatoms. The van der Waals surface area contributed by atoms with Gasteiger partial charge in [-0.1, -0.05) is 0 Å². The van der Waals surface area contributed by atoms with Crippen molar-refractivity contribution in [3.63, 3.8) is 0 Å². The molecule has 2 aromatic rings. The average molecular weight is 397 g/mol. The number of nitriles is 1. The topological polar surface area (TPSA) is 125 Å². The number of imidazole rings is 1. The fourth-order valence-electron chi connectivity index (χ4n) is 3.13. The molecular formula is C13H17BN5O5PS. The number of nitrogens with zero attached hydrogens (tertiary/aromatic N) is 5. The van der Waals surface area contributed by atoms with Crippen LogP contribution in [0.2, 0.25) is 0 Å². The Hall–Kier alpha value is -1.32. The number of rotatable bonds is 4. The number of hydrogen-bond donors (Lipinski definition) is 2. The van der Waals surface area contributed by atoms with Crippen LogP contribution < -0.4 is 0 Å². The van der Waals surface area contributed by atoms with Crippen LogP contribution in [-0.4, -0.2) is 63.7 Å². The molecule has 2 aliphatic rings. The second-order valence-corrected chi connectivity index (χ2v) is 9.05. The van der Waals surface area contributed by atoms with E-state index < -0.39 is 32.4 Å². The number of aliphatic hydroxyl groups excluding tert-OH is 1. The first kappa shape index (κ1) is 18.1. The third kappa shape index (κ3) is 3.10. The number of ether oxygens (including phenoxy) is 1. The summed E-state index contributed by atoms with van der Waals surface area (Å²) < 4.78 is 24.9. The predicted molar refractivity (Wildman–Crippen MR) is 96.4 cm³/mol. The molecule has 0 amide bonds. The first-order chi connectivity index (χ1) is 12.5. The normalized spacial score (nSPS) is 31.4. The van der Waals surface area contributed by atoms with E-state index in [0.717, 1.165) is 0 Å². The van der Waals surface area contributed by atoms with Crippen molar-refractivity contribution < 1.29 is 23.4 Å². The number of aromatic nitrogens is 4. The molecule has 0 spiro atoms. The summed E-state index contributed by atoms with van der Waals surface area (Å²) in [5, 5.41) is 19.9. The maximum atomic E-state index is 10.8. The van der Waals surface area contributed by atoms with E-state index in [9.17, 15) is 5.11 Å². The van der Waals surface area contributed by atoms with Crippen LogP contribution >= 0.6 is 20.5 Å². The number of hydrogen-bond acceptors (Lipinski definition) is 10. The fraction of sp³-hybridized carbons (Fsp3) is 0.538. The Morgan fingerprint density at radius 2 is 2.35 bits per heavy atom. The van der Waals surface area contributed by atoms with E-state index in [1.165, 1.54) is 12.7 Å². The van der Waals surface area contributed by atoms with E-state index in [4.69, 9.17) is 23.6 Å². The Morgan fingerprint density at radius 1 is 1.50 bits per heavy atom. The molecule has 2 saturated heterocycles. The standard InChI is InChI=1S/C13H17BN5O5PS/c14-25(21-3-1-2-15)22-4-7-10(24-25)9(20)13(23-7)19-6-18-8-11(19)16-5-17-12(8)26/h5-7,9-10,13,20,25H,1,3-4,14H2,(H,16,17,26)/t7-,9+,10+,13-/m1/s1. The van der Waals surface area contributed by atoms with Crippen LogP contribution in [0.15, 0.2) is 17.7 Å². The van der Waals surface area contributed by atoms with Gasteiger partial charge >= 0.3 is 155 Å². The molecule has 1 N–H and O–H groups in total. The van der Waals surface area contributed by atoms with E-state index in [1.807, 2.05) is 6.07 Å². The molecule has 0 aromatic carbocycles. The van der Waals surface area contributed by atoms with Crippen LogP contribution in [0.3, 0.4) is 0 Å². The second kappa shape index (κ2) is 7.01. The van der Waals surface area contributed by atoms with Gasteiger partial charge in [0, 0.05) is 0 Å². The van der Waals surface area contributed by atoms with Crippen LogP contribution in [0.5, 0.6) is 0 Å². The molecule has 0 aliphatic carbocycles. The van der Waals surface area contributed by atoms with E-state index >= 15 is 0 Å². The monoisotopic (exact) mass is 397 g/mol. The van der Waals surface area contributed by atoms with Gasteiger partial charge in [0.2, 0.25) is 0 Å². The summed E-state index contributed by atoms with van der Waals surface area (Å²) in [4.78, 5) is 12.4. The summed E-state index contributed by atoms with van der Waals surface area (Å²) in [7, 11) is -1.19. The molecule has 26 heavy (non-hydrogen) atoms. The molecule has 10 nitrogen and oxygen atoms in total. The van der Waals surface area contributed by atoms with Gasteiger partial charge in [-0.2, -0.15) is 0 Å². The van der Waals surface area contributed by atoms with Crippen LogP contribution in [0.1, 0.15) is 12.6 Å². The van der Waals surface area contributed by atoms with Gasteiger partial charge in [0.15, 0.2) is 0 Å². The first-order valence-electron chi connectivity index (χ1n) is 8.05. The summed E-state index contributed by atoms with van der Waals surface area (Å²) in [5.74, 6) is 0. The van der Waals surface area contributed by atoms with Crippen LogP contribution in [0.4, 0.5) is 0 Å². The van der Waals surface area contributed by atoms with Crippen molar-refractivity contribution in [2.75, 3.05) is 13.2 Å². The second-order valence-electron chi connectivity index (χ2n) is 6.09. The summed E-state index contributed by atoms with van der Waals surface area (Å²) in [6, 6.07) is 2.01. The van der Waals surface area contributed by atoms with Crippen molar-refractivity contribution >= 4 is 39.2 Å². The van der Waals surface area contributed by atoms with Gasteiger partial charge in [-0.05, 0) is 0 Å². The molecule has 0 saturated carbocycles. The summed E-state index contributed by atoms with van der Waals surface area (Å²) in [6.07, 6.45) is 0.447. The van der Waals surface area contributed by atoms with Crippen molar-refractivity contribution in [1.82, 2.24) is 19.5 Å². The van der Waals surface area contributed by atoms with E-state index in [-0.39, 0.29) is 19.6 Å². The predicted octanol–water partition coefficient (Wildman–Crippen LogP) is -0.238. The summed E-state index contributed by atoms with van der Waals surface area (Å²) in [6.45, 7) is 0.470. The van der Waals surface area contributed by atoms with Gasteiger partial charge in [0.25, 0.3) is 0 Å². The molecule has 138 valence electrons. The molecule has 4 heterocycles. The summed E-state index contributed by atoms with van der Waals surface area (Å²) >= 11 is 4.27. The van der Waals surface area contributed by atoms with Gasteiger partial charge in [-0.25, -0.2) is 0 Å². The third-order valence-corrected chi connectivity index (χ3v) is 6.81. The van der Waals surface area contributed by atoms with Crippen molar-refractivity contribution in [2.45, 2.75) is 36.0 Å². The zero-order valence-corrected chi connectivity index (χ0v) is 15.7. The molecule has 0 radical (unpaired) electrons. The molecule has 0 unspecified atom stereocenters. The molecule has 4 atom stereocenters. The molecule has 2 fully saturated rings. The van der Waals surface area contributed by atoms with E-state index in [1.54, 1.807) is 12.1 Å². The molecular weight excluding hydrogens is 380 g/mol. The first-order valence-corrected chi connectivity index (χ1v) is 10.7. The van der Waals surface area contributed by atoms with Crippen LogP contribution in [0.25, 0.3) is 11.2 Å². The maximum absolute atomic E-state index is 10.8. The number of fused-ring (bicyclic) bond motifs is 2. The van der Waals surface area contributed by atoms with Gasteiger partial charge in [-0.15, -0.1) is 0 Å². The van der Waals surface area contributed by atoms with Crippen LogP contribution in [0, 0.1) is 11.3 Å². The van der Waals surface area contributed by atoms with Gasteiger partial charge < -0.3 is 0 Å². The number of aliphatic hydroxyl groups is 1. The zero-order valence-electron chi connectivity index (χ0n) is 13.8. The third-order valence-electron chi connectivity index (χ3n) is 4.36. The van der Waals surface area contributed by atoms with Gasteiger partial charge in [0.1, 0.15) is 0 Å². The van der Waals surface area contributed by atoms with E-state index in [2.05, 4.69) is 27.6 Å². The average Bonchev–Trinajstić information content (AvgIpc) is 3.18. The Labute approximate surface area is 155 Å². The molecule has 4 rings (SSSR count). The van der Waals surface area contributed by atoms with Gasteiger partial charge in [0.05, 0.1) is 0 Å². The minimum atomic E-state index is -2.93. The Bertz CT molecular complexity index is 867. The Kier molecular flexibility index (Phi) is 4.87. The zero-order chi connectivity index (χ0) is 18.3. The van der Waals surface area contributed by atoms with Crippen molar-refractivity contribution in [2.24, 2.45) is 0 Å². The molecule has 0 bridgehead atoms. The number of thiol groups is 1. The van der Waals surface area contributed by atoms with Crippen molar-refractivity contribution in [1.29, 1.82) is 5.26 Å². The van der Waals surface area contributed by atoms with Crippen molar-refractivity contribution in [3.05, 3.63) is 12.7 Å². The fourth-order valence-corrected chi connectivity index (χ4v) is 5.28. The van der Waals surface area contributed by atoms with Crippen LogP contribution in [-0.2, 0) is 18.3 Å².